The zero-order valence-electron chi connectivity index (χ0n) is 15.7. The molecule has 10 heteroatoms. The molecule has 0 radical (unpaired) electrons. The lowest BCUT2D eigenvalue weighted by molar-refractivity contribution is -0.142. The third-order valence-electron chi connectivity index (χ3n) is 4.46. The molecule has 30 heavy (non-hydrogen) atoms. The predicted octanol–water partition coefficient (Wildman–Crippen LogP) is 3.43. The zero-order valence-corrected chi connectivity index (χ0v) is 15.7. The van der Waals surface area contributed by atoms with Crippen LogP contribution in [0.1, 0.15) is 22.6 Å². The fraction of sp³-hybridized carbons (Fsp3) is 0.200. The van der Waals surface area contributed by atoms with Gasteiger partial charge in [0.2, 0.25) is 0 Å². The number of hydrogen-bond donors (Lipinski definition) is 1. The third-order valence-corrected chi connectivity index (χ3v) is 4.46. The number of imidazole rings is 1. The summed E-state index contributed by atoms with van der Waals surface area (Å²) in [6.45, 7) is 1.01. The summed E-state index contributed by atoms with van der Waals surface area (Å²) >= 11 is 0. The van der Waals surface area contributed by atoms with Gasteiger partial charge >= 0.3 is 6.18 Å². The van der Waals surface area contributed by atoms with Crippen LogP contribution in [0.4, 0.5) is 13.2 Å². The number of nitrogens with one attached hydrogen (secondary N) is 1. The first-order chi connectivity index (χ1) is 14.4. The van der Waals surface area contributed by atoms with E-state index in [2.05, 4.69) is 20.4 Å². The van der Waals surface area contributed by atoms with E-state index >= 15 is 0 Å². The number of rotatable bonds is 6. The van der Waals surface area contributed by atoms with Gasteiger partial charge in [-0.15, -0.1) is 0 Å². The molecule has 0 bridgehead atoms. The number of nitrogens with zero attached hydrogens (tertiary/aromatic N) is 5. The van der Waals surface area contributed by atoms with Crippen molar-refractivity contribution in [2.75, 3.05) is 6.54 Å². The number of aryl methyl sites for hydroxylation is 1. The highest BCUT2D eigenvalue weighted by molar-refractivity contribution is 5.93. The number of halogens is 3. The highest BCUT2D eigenvalue weighted by Gasteiger charge is 2.35. The van der Waals surface area contributed by atoms with Gasteiger partial charge in [-0.05, 0) is 12.5 Å². The van der Waals surface area contributed by atoms with Gasteiger partial charge in [-0.1, -0.05) is 30.3 Å². The highest BCUT2D eigenvalue weighted by Crippen LogP contribution is 2.32. The van der Waals surface area contributed by atoms with Crippen LogP contribution >= 0.6 is 0 Å². The predicted molar refractivity (Wildman–Crippen MR) is 103 cm³/mol. The maximum atomic E-state index is 13.6. The quantitative estimate of drug-likeness (QED) is 0.491. The molecule has 0 aliphatic rings. The molecule has 0 spiro atoms. The van der Waals surface area contributed by atoms with E-state index in [1.165, 1.54) is 6.07 Å². The van der Waals surface area contributed by atoms with Gasteiger partial charge in [0.15, 0.2) is 17.0 Å². The van der Waals surface area contributed by atoms with Crippen LogP contribution in [0.25, 0.3) is 16.9 Å². The van der Waals surface area contributed by atoms with Crippen molar-refractivity contribution in [3.8, 4) is 11.3 Å². The molecule has 3 heterocycles. The number of hydrogen-bond acceptors (Lipinski definition) is 4. The Morgan fingerprint density at radius 2 is 1.93 bits per heavy atom. The van der Waals surface area contributed by atoms with Gasteiger partial charge < -0.3 is 9.88 Å². The molecule has 154 valence electrons. The fourth-order valence-electron chi connectivity index (χ4n) is 3.02. The maximum Gasteiger partial charge on any atom is 0.433 e. The summed E-state index contributed by atoms with van der Waals surface area (Å²) in [6.07, 6.45) is 1.11. The van der Waals surface area contributed by atoms with Crippen molar-refractivity contribution in [1.82, 2.24) is 29.5 Å². The van der Waals surface area contributed by atoms with Crippen LogP contribution in [0.3, 0.4) is 0 Å². The number of aromatic nitrogens is 5. The topological polar surface area (TPSA) is 77.1 Å². The van der Waals surface area contributed by atoms with Gasteiger partial charge in [-0.25, -0.2) is 14.5 Å². The minimum Gasteiger partial charge on any atom is -0.351 e. The summed E-state index contributed by atoms with van der Waals surface area (Å²) in [6, 6.07) is 10.7. The molecule has 4 aromatic rings. The Morgan fingerprint density at radius 3 is 2.63 bits per heavy atom. The molecular weight excluding hydrogens is 397 g/mol. The largest absolute Gasteiger partial charge is 0.433 e. The third kappa shape index (κ3) is 4.17. The van der Waals surface area contributed by atoms with Crippen LogP contribution in [0, 0.1) is 0 Å². The maximum absolute atomic E-state index is 13.6. The molecule has 0 atom stereocenters. The van der Waals surface area contributed by atoms with E-state index in [-0.39, 0.29) is 17.0 Å². The summed E-state index contributed by atoms with van der Waals surface area (Å²) in [5.74, 6) is -0.555. The van der Waals surface area contributed by atoms with E-state index in [0.717, 1.165) is 6.07 Å². The van der Waals surface area contributed by atoms with Gasteiger partial charge in [0.25, 0.3) is 5.91 Å². The number of amides is 1. The molecule has 0 aliphatic heterocycles. The molecule has 1 aromatic carbocycles. The first-order valence-corrected chi connectivity index (χ1v) is 9.19. The van der Waals surface area contributed by atoms with Crippen molar-refractivity contribution in [3.63, 3.8) is 0 Å². The van der Waals surface area contributed by atoms with Gasteiger partial charge in [-0.3, -0.25) is 4.79 Å². The second kappa shape index (κ2) is 7.97. The van der Waals surface area contributed by atoms with Crippen molar-refractivity contribution in [2.45, 2.75) is 19.1 Å². The summed E-state index contributed by atoms with van der Waals surface area (Å²) in [4.78, 5) is 20.6. The summed E-state index contributed by atoms with van der Waals surface area (Å²) in [5, 5.41) is 6.52. The van der Waals surface area contributed by atoms with Crippen LogP contribution in [0.15, 0.2) is 61.2 Å². The summed E-state index contributed by atoms with van der Waals surface area (Å²) in [7, 11) is 0. The number of alkyl halides is 3. The second-order valence-corrected chi connectivity index (χ2v) is 6.60. The lowest BCUT2D eigenvalue weighted by Gasteiger charge is -2.10. The molecule has 0 unspecified atom stereocenters. The van der Waals surface area contributed by atoms with E-state index in [1.54, 1.807) is 49.1 Å². The average molecular weight is 414 g/mol. The number of fused-ring (bicyclic) bond motifs is 1. The first kappa shape index (κ1) is 19.6. The summed E-state index contributed by atoms with van der Waals surface area (Å²) in [5.41, 5.74) is -0.474. The Labute approximate surface area is 169 Å². The standard InChI is InChI=1S/C20H17F3N6O/c21-20(22,23)17-11-15(14-5-2-1-3-6-14)26-18-12-16(27-29(17)18)19(30)25-7-4-9-28-10-8-24-13-28/h1-3,5-6,8,10-13H,4,7,9H2,(H,25,30). The average Bonchev–Trinajstić information content (AvgIpc) is 3.39. The zero-order chi connectivity index (χ0) is 21.1. The molecule has 0 saturated carbocycles. The SMILES string of the molecule is O=C(NCCCn1ccnc1)c1cc2nc(-c3ccccc3)cc(C(F)(F)F)n2n1. The van der Waals surface area contributed by atoms with Crippen molar-refractivity contribution in [3.05, 3.63) is 72.6 Å². The Bertz CT molecular complexity index is 1150. The second-order valence-electron chi connectivity index (χ2n) is 6.60. The molecule has 0 aliphatic carbocycles. The normalized spacial score (nSPS) is 11.7. The Kier molecular flexibility index (Phi) is 5.21. The van der Waals surface area contributed by atoms with Crippen molar-refractivity contribution in [2.24, 2.45) is 0 Å². The van der Waals surface area contributed by atoms with E-state index in [0.29, 0.717) is 29.6 Å². The number of carbonyl (C=O) groups is 1. The van der Waals surface area contributed by atoms with Gasteiger partial charge in [0, 0.05) is 37.1 Å². The Morgan fingerprint density at radius 1 is 1.13 bits per heavy atom. The van der Waals surface area contributed by atoms with E-state index in [1.807, 2.05) is 4.57 Å². The lowest BCUT2D eigenvalue weighted by atomic mass is 10.1. The monoisotopic (exact) mass is 414 g/mol. The van der Waals surface area contributed by atoms with Crippen molar-refractivity contribution >= 4 is 11.6 Å². The Hall–Kier alpha value is -3.69. The molecule has 3 aromatic heterocycles. The highest BCUT2D eigenvalue weighted by atomic mass is 19.4. The van der Waals surface area contributed by atoms with Crippen molar-refractivity contribution in [1.29, 1.82) is 0 Å². The van der Waals surface area contributed by atoms with Crippen LogP contribution in [0.5, 0.6) is 0 Å². The van der Waals surface area contributed by atoms with Gasteiger partial charge in [0.05, 0.1) is 12.0 Å². The molecule has 1 N–H and O–H groups in total. The molecule has 1 amide bonds. The molecule has 0 saturated heterocycles. The Balaban J connectivity index is 1.58. The molecule has 4 rings (SSSR count). The molecular formula is C20H17F3N6O. The first-order valence-electron chi connectivity index (χ1n) is 9.19. The van der Waals surface area contributed by atoms with E-state index < -0.39 is 17.8 Å². The number of benzene rings is 1. The van der Waals surface area contributed by atoms with Crippen LogP contribution in [0.2, 0.25) is 0 Å². The van der Waals surface area contributed by atoms with Crippen LogP contribution < -0.4 is 5.32 Å². The smallest absolute Gasteiger partial charge is 0.351 e. The van der Waals surface area contributed by atoms with E-state index in [9.17, 15) is 18.0 Å². The van der Waals surface area contributed by atoms with Gasteiger partial charge in [-0.2, -0.15) is 18.3 Å². The molecule has 7 nitrogen and oxygen atoms in total. The minimum absolute atomic E-state index is 0.0488. The van der Waals surface area contributed by atoms with E-state index in [4.69, 9.17) is 0 Å². The van der Waals surface area contributed by atoms with Crippen LogP contribution in [-0.2, 0) is 12.7 Å². The van der Waals surface area contributed by atoms with Crippen molar-refractivity contribution < 1.29 is 18.0 Å². The van der Waals surface area contributed by atoms with Gasteiger partial charge in [0.1, 0.15) is 0 Å². The molecule has 0 fully saturated rings. The number of carbonyl (C=O) groups excluding carboxylic acids is 1. The van der Waals surface area contributed by atoms with Crippen LogP contribution in [-0.4, -0.2) is 36.6 Å². The minimum atomic E-state index is -4.66. The lowest BCUT2D eigenvalue weighted by Crippen LogP contribution is -2.25. The fourth-order valence-corrected chi connectivity index (χ4v) is 3.02. The summed E-state index contributed by atoms with van der Waals surface area (Å²) < 4.78 is 43.4.